The minimum Gasteiger partial charge on any atom is -0.345 e. The van der Waals surface area contributed by atoms with Crippen molar-refractivity contribution >= 4 is 5.91 Å². The number of nitrogens with zero attached hydrogens (tertiary/aromatic N) is 4. The van der Waals surface area contributed by atoms with Crippen LogP contribution in [-0.4, -0.2) is 51.2 Å². The molecule has 1 atom stereocenters. The summed E-state index contributed by atoms with van der Waals surface area (Å²) in [5.41, 5.74) is 0. The molecule has 1 saturated heterocycles. The zero-order chi connectivity index (χ0) is 17.1. The monoisotopic (exact) mass is 345 g/mol. The number of fused-ring (bicyclic) bond motifs is 1. The number of rotatable bonds is 4. The molecule has 25 heavy (non-hydrogen) atoms. The van der Waals surface area contributed by atoms with E-state index in [1.807, 2.05) is 4.57 Å². The minimum absolute atomic E-state index is 0.0369. The van der Waals surface area contributed by atoms with E-state index < -0.39 is 0 Å². The molecule has 1 N–H and O–H groups in total. The number of nitrogens with one attached hydrogen (secondary N) is 1. The highest BCUT2D eigenvalue weighted by Crippen LogP contribution is 2.25. The van der Waals surface area contributed by atoms with E-state index in [4.69, 9.17) is 0 Å². The maximum absolute atomic E-state index is 12.7. The Hall–Kier alpha value is -1.43. The van der Waals surface area contributed by atoms with Gasteiger partial charge in [0.25, 0.3) is 5.91 Å². The lowest BCUT2D eigenvalue weighted by molar-refractivity contribution is 0.0874. The fourth-order valence-corrected chi connectivity index (χ4v) is 4.80. The van der Waals surface area contributed by atoms with Gasteiger partial charge in [-0.05, 0) is 51.0 Å². The first-order valence-corrected chi connectivity index (χ1v) is 10.2. The van der Waals surface area contributed by atoms with Crippen molar-refractivity contribution in [2.24, 2.45) is 5.92 Å². The van der Waals surface area contributed by atoms with E-state index in [1.54, 1.807) is 0 Å². The molecule has 0 radical (unpaired) electrons. The summed E-state index contributed by atoms with van der Waals surface area (Å²) in [4.78, 5) is 15.3. The fraction of sp³-hybridized carbons (Fsp3) is 0.842. The second-order valence-electron chi connectivity index (χ2n) is 8.12. The molecule has 3 aliphatic rings. The van der Waals surface area contributed by atoms with Crippen molar-refractivity contribution in [2.75, 3.05) is 19.6 Å². The van der Waals surface area contributed by atoms with Crippen LogP contribution in [0.4, 0.5) is 0 Å². The first-order chi connectivity index (χ1) is 12.3. The largest absolute Gasteiger partial charge is 0.345 e. The lowest BCUT2D eigenvalue weighted by Gasteiger charge is -2.36. The van der Waals surface area contributed by atoms with Crippen LogP contribution in [0.3, 0.4) is 0 Å². The van der Waals surface area contributed by atoms with Gasteiger partial charge in [-0.25, -0.2) is 0 Å². The molecule has 6 nitrogen and oxygen atoms in total. The van der Waals surface area contributed by atoms with Gasteiger partial charge in [-0.1, -0.05) is 19.3 Å². The van der Waals surface area contributed by atoms with Crippen LogP contribution in [0, 0.1) is 5.92 Å². The molecule has 1 aromatic heterocycles. The summed E-state index contributed by atoms with van der Waals surface area (Å²) in [7, 11) is 0. The Balaban J connectivity index is 1.32. The molecule has 0 aromatic carbocycles. The first kappa shape index (κ1) is 17.0. The van der Waals surface area contributed by atoms with Gasteiger partial charge in [0.2, 0.25) is 5.82 Å². The van der Waals surface area contributed by atoms with Crippen LogP contribution in [0.5, 0.6) is 0 Å². The smallest absolute Gasteiger partial charge is 0.289 e. The normalized spacial score (nSPS) is 25.5. The van der Waals surface area contributed by atoms with Crippen LogP contribution >= 0.6 is 0 Å². The molecule has 0 bridgehead atoms. The predicted octanol–water partition coefficient (Wildman–Crippen LogP) is 2.39. The maximum Gasteiger partial charge on any atom is 0.289 e. The van der Waals surface area contributed by atoms with E-state index in [2.05, 4.69) is 20.4 Å². The molecule has 0 spiro atoms. The summed E-state index contributed by atoms with van der Waals surface area (Å²) in [5.74, 6) is 2.31. The summed E-state index contributed by atoms with van der Waals surface area (Å²) >= 11 is 0. The Morgan fingerprint density at radius 1 is 1.00 bits per heavy atom. The molecule has 1 saturated carbocycles. The van der Waals surface area contributed by atoms with Crippen LogP contribution in [0.25, 0.3) is 0 Å². The van der Waals surface area contributed by atoms with Gasteiger partial charge in [-0.2, -0.15) is 0 Å². The summed E-state index contributed by atoms with van der Waals surface area (Å²) in [5, 5.41) is 11.6. The molecule has 2 aliphatic heterocycles. The van der Waals surface area contributed by atoms with Crippen LogP contribution in [0.15, 0.2) is 0 Å². The zero-order valence-corrected chi connectivity index (χ0v) is 15.3. The van der Waals surface area contributed by atoms with Crippen LogP contribution < -0.4 is 5.32 Å². The van der Waals surface area contributed by atoms with Crippen molar-refractivity contribution in [3.63, 3.8) is 0 Å². The highest BCUT2D eigenvalue weighted by atomic mass is 16.2. The van der Waals surface area contributed by atoms with E-state index in [0.717, 1.165) is 50.5 Å². The summed E-state index contributed by atoms with van der Waals surface area (Å²) in [6.45, 7) is 4.27. The van der Waals surface area contributed by atoms with Gasteiger partial charge in [-0.15, -0.1) is 10.2 Å². The number of carbonyl (C=O) groups is 1. The summed E-state index contributed by atoms with van der Waals surface area (Å²) < 4.78 is 2.02. The average molecular weight is 345 g/mol. The van der Waals surface area contributed by atoms with E-state index >= 15 is 0 Å². The van der Waals surface area contributed by atoms with Crippen molar-refractivity contribution < 1.29 is 4.79 Å². The van der Waals surface area contributed by atoms with Gasteiger partial charge in [-0.3, -0.25) is 4.79 Å². The third-order valence-corrected chi connectivity index (χ3v) is 6.14. The van der Waals surface area contributed by atoms with E-state index in [9.17, 15) is 4.79 Å². The Labute approximate surface area is 150 Å². The quantitative estimate of drug-likeness (QED) is 0.910. The predicted molar refractivity (Wildman–Crippen MR) is 96.5 cm³/mol. The molecule has 2 fully saturated rings. The van der Waals surface area contributed by atoms with Gasteiger partial charge in [0, 0.05) is 32.1 Å². The molecule has 1 aliphatic carbocycles. The van der Waals surface area contributed by atoms with Crippen LogP contribution in [0.2, 0.25) is 0 Å². The topological polar surface area (TPSA) is 63.1 Å². The van der Waals surface area contributed by atoms with Crippen molar-refractivity contribution in [3.8, 4) is 0 Å². The van der Waals surface area contributed by atoms with Crippen molar-refractivity contribution in [1.82, 2.24) is 25.0 Å². The Kier molecular flexibility index (Phi) is 5.34. The molecule has 138 valence electrons. The second kappa shape index (κ2) is 7.85. The number of aryl methyl sites for hydroxylation is 1. The van der Waals surface area contributed by atoms with Crippen molar-refractivity contribution in [2.45, 2.75) is 76.8 Å². The van der Waals surface area contributed by atoms with Gasteiger partial charge >= 0.3 is 0 Å². The molecule has 1 amide bonds. The van der Waals surface area contributed by atoms with Gasteiger partial charge in [0.15, 0.2) is 0 Å². The molecule has 1 aromatic rings. The highest BCUT2D eigenvalue weighted by molar-refractivity contribution is 5.91. The molecule has 4 rings (SSSR count). The average Bonchev–Trinajstić information content (AvgIpc) is 3.07. The number of hydrogen-bond acceptors (Lipinski definition) is 4. The third-order valence-electron chi connectivity index (χ3n) is 6.14. The zero-order valence-electron chi connectivity index (χ0n) is 15.3. The number of amides is 1. The molecular weight excluding hydrogens is 314 g/mol. The van der Waals surface area contributed by atoms with Gasteiger partial charge < -0.3 is 14.8 Å². The van der Waals surface area contributed by atoms with Crippen LogP contribution in [-0.2, 0) is 13.0 Å². The first-order valence-electron chi connectivity index (χ1n) is 10.2. The Morgan fingerprint density at radius 3 is 2.76 bits per heavy atom. The number of aromatic nitrogens is 3. The van der Waals surface area contributed by atoms with Crippen molar-refractivity contribution in [3.05, 3.63) is 11.6 Å². The third kappa shape index (κ3) is 4.05. The van der Waals surface area contributed by atoms with Crippen molar-refractivity contribution in [1.29, 1.82) is 0 Å². The fourth-order valence-electron chi connectivity index (χ4n) is 4.80. The standard InChI is InChI=1S/C19H31N5O/c25-19(18-22-21-17-10-4-5-12-24(17)18)20-16-9-6-11-23(14-16)13-15-7-2-1-3-8-15/h15-16H,1-14H2,(H,20,25)/t16-/m0/s1. The minimum atomic E-state index is -0.0369. The van der Waals surface area contributed by atoms with E-state index in [1.165, 1.54) is 51.6 Å². The molecule has 0 unspecified atom stereocenters. The summed E-state index contributed by atoms with van der Waals surface area (Å²) in [6, 6.07) is 0.251. The SMILES string of the molecule is O=C(N[C@H]1CCCN(CC2CCCCC2)C1)c1nnc2n1CCCC2. The molecule has 3 heterocycles. The van der Waals surface area contributed by atoms with Gasteiger partial charge in [0.05, 0.1) is 0 Å². The van der Waals surface area contributed by atoms with E-state index in [-0.39, 0.29) is 11.9 Å². The maximum atomic E-state index is 12.7. The summed E-state index contributed by atoms with van der Waals surface area (Å²) in [6.07, 6.45) is 12.5. The van der Waals surface area contributed by atoms with E-state index in [0.29, 0.717) is 5.82 Å². The second-order valence-corrected chi connectivity index (χ2v) is 8.12. The number of hydrogen-bond donors (Lipinski definition) is 1. The Bertz CT molecular complexity index is 593. The Morgan fingerprint density at radius 2 is 1.88 bits per heavy atom. The lowest BCUT2D eigenvalue weighted by Crippen LogP contribution is -2.49. The highest BCUT2D eigenvalue weighted by Gasteiger charge is 2.27. The number of likely N-dealkylation sites (tertiary alicyclic amines) is 1. The van der Waals surface area contributed by atoms with Crippen LogP contribution in [0.1, 0.15) is 74.2 Å². The molecule has 6 heteroatoms. The lowest BCUT2D eigenvalue weighted by atomic mass is 9.88. The number of piperidine rings is 1. The van der Waals surface area contributed by atoms with Gasteiger partial charge in [0.1, 0.15) is 5.82 Å². The number of carbonyl (C=O) groups excluding carboxylic acids is 1. The molecular formula is C19H31N5O.